The van der Waals surface area contributed by atoms with Gasteiger partial charge in [0.25, 0.3) is 0 Å². The number of unbranched alkanes of at least 4 members (excludes halogenated alkanes) is 9. The Balaban J connectivity index is 6.91. The molecule has 27 nitrogen and oxygen atoms in total. The van der Waals surface area contributed by atoms with Gasteiger partial charge in [0.05, 0.1) is 12.1 Å². The Morgan fingerprint density at radius 2 is 0.420 bits per heavy atom. The van der Waals surface area contributed by atoms with Crippen molar-refractivity contribution >= 4 is 53.5 Å². The molecule has 0 aliphatic rings. The van der Waals surface area contributed by atoms with Crippen molar-refractivity contribution < 1.29 is 43.2 Å². The first-order valence-corrected chi connectivity index (χ1v) is 30.0. The summed E-state index contributed by atoms with van der Waals surface area (Å²) in [6, 6.07) is -9.81. The number of nitrogens with one attached hydrogen (secondary N) is 8. The molecule has 0 aliphatic carbocycles. The molecule has 81 heavy (non-hydrogen) atoms. The Bertz CT molecular complexity index is 1760. The van der Waals surface area contributed by atoms with Crippen LogP contribution in [0.1, 0.15) is 173 Å². The molecule has 27 heteroatoms. The zero-order valence-corrected chi connectivity index (χ0v) is 48.7. The molecule has 0 radical (unpaired) electrons. The summed E-state index contributed by atoms with van der Waals surface area (Å²) < 4.78 is 0. The fourth-order valence-electron chi connectivity index (χ4n) is 8.85. The molecule has 28 N–H and O–H groups in total. The average Bonchev–Trinajstić information content (AvgIpc) is 3.45. The Hall–Kier alpha value is -4.97. The number of amides is 8. The molecule has 0 fully saturated rings. The van der Waals surface area contributed by atoms with Gasteiger partial charge < -0.3 is 105 Å². The summed E-state index contributed by atoms with van der Waals surface area (Å²) in [7, 11) is 0. The van der Waals surface area contributed by atoms with E-state index in [1.54, 1.807) is 0 Å². The molecule has 0 saturated carbocycles. The molecule has 0 aromatic rings. The zero-order chi connectivity index (χ0) is 60.6. The first-order chi connectivity index (χ1) is 39.0. The van der Waals surface area contributed by atoms with Gasteiger partial charge in [0.1, 0.15) is 48.6 Å². The highest BCUT2D eigenvalue weighted by Crippen LogP contribution is 2.13. The van der Waals surface area contributed by atoms with E-state index in [1.165, 1.54) is 0 Å². The molecule has 0 aromatic carbocycles. The molecule has 9 atom stereocenters. The maximum Gasteiger partial charge on any atom is 0.243 e. The van der Waals surface area contributed by atoms with Crippen LogP contribution in [-0.2, 0) is 43.2 Å². The number of aldehydes is 1. The van der Waals surface area contributed by atoms with E-state index in [4.69, 9.17) is 57.3 Å². The molecular weight excluding hydrogens is 1040 g/mol. The van der Waals surface area contributed by atoms with E-state index in [-0.39, 0.29) is 51.5 Å². The van der Waals surface area contributed by atoms with E-state index < -0.39 is 102 Å². The van der Waals surface area contributed by atoms with E-state index in [1.807, 2.05) is 0 Å². The van der Waals surface area contributed by atoms with Crippen LogP contribution in [0.4, 0.5) is 0 Å². The summed E-state index contributed by atoms with van der Waals surface area (Å²) in [5.74, 6) is -5.20. The monoisotopic (exact) mass is 1150 g/mol. The molecule has 0 rings (SSSR count). The van der Waals surface area contributed by atoms with Crippen LogP contribution in [0.25, 0.3) is 0 Å². The van der Waals surface area contributed by atoms with Gasteiger partial charge in [-0.25, -0.2) is 0 Å². The van der Waals surface area contributed by atoms with Crippen molar-refractivity contribution in [3.63, 3.8) is 0 Å². The van der Waals surface area contributed by atoms with Gasteiger partial charge in [0.15, 0.2) is 0 Å². The second-order valence-corrected chi connectivity index (χ2v) is 20.8. The number of carbonyl (C=O) groups is 9. The molecule has 0 spiro atoms. The second-order valence-electron chi connectivity index (χ2n) is 20.8. The highest BCUT2D eigenvalue weighted by Gasteiger charge is 2.34. The van der Waals surface area contributed by atoms with E-state index in [9.17, 15) is 43.2 Å². The molecule has 0 aromatic heterocycles. The molecular formula is C54H110N18O9. The van der Waals surface area contributed by atoms with E-state index in [0.29, 0.717) is 187 Å². The van der Waals surface area contributed by atoms with E-state index in [0.717, 1.165) is 0 Å². The predicted octanol–water partition coefficient (Wildman–Crippen LogP) is -3.45. The van der Waals surface area contributed by atoms with Crippen LogP contribution in [0, 0.1) is 0 Å². The average molecular weight is 1160 g/mol. The first-order valence-electron chi connectivity index (χ1n) is 30.0. The van der Waals surface area contributed by atoms with Gasteiger partial charge in [-0.05, 0) is 226 Å². The summed E-state index contributed by atoms with van der Waals surface area (Å²) >= 11 is 0. The van der Waals surface area contributed by atoms with Gasteiger partial charge in [-0.3, -0.25) is 38.4 Å². The predicted molar refractivity (Wildman–Crippen MR) is 316 cm³/mol. The van der Waals surface area contributed by atoms with Gasteiger partial charge in [0, 0.05) is 0 Å². The minimum absolute atomic E-state index is 0.0940. The molecule has 0 saturated heterocycles. The van der Waals surface area contributed by atoms with Gasteiger partial charge in [0.2, 0.25) is 47.3 Å². The minimum atomic E-state index is -1.23. The lowest BCUT2D eigenvalue weighted by Gasteiger charge is -2.28. The Labute approximate surface area is 481 Å². The second kappa shape index (κ2) is 49.6. The zero-order valence-electron chi connectivity index (χ0n) is 48.7. The fourth-order valence-corrected chi connectivity index (χ4v) is 8.85. The fraction of sp³-hybridized carbons (Fsp3) is 0.833. The van der Waals surface area contributed by atoms with Crippen LogP contribution in [0.15, 0.2) is 0 Å². The SMILES string of the molecule is NCCCC[C@@H](C=O)NC(=O)[C@@H](CCCCN)NC(=O)[C@@H](CCCCN)NC(=O)[C@@H](CCCCN)NC(=O)[C@@H](CCCCN)NC(=O)[C@@H](CCCCN)NC(=O)[C@@H](CCCCN)NC(=O)[C@@H](CCCCN)NC(=O)[C@H](N)CCCCN. The molecule has 8 amide bonds. The quantitative estimate of drug-likeness (QED) is 0.0208. The van der Waals surface area contributed by atoms with Gasteiger partial charge >= 0.3 is 0 Å². The van der Waals surface area contributed by atoms with Crippen LogP contribution in [-0.4, -0.2) is 167 Å². The summed E-state index contributed by atoms with van der Waals surface area (Å²) in [6.45, 7) is 3.08. The summed E-state index contributed by atoms with van der Waals surface area (Å²) in [4.78, 5) is 124. The van der Waals surface area contributed by atoms with Crippen LogP contribution in [0.2, 0.25) is 0 Å². The van der Waals surface area contributed by atoms with Crippen molar-refractivity contribution in [3.05, 3.63) is 0 Å². The highest BCUT2D eigenvalue weighted by atomic mass is 16.2. The smallest absolute Gasteiger partial charge is 0.243 e. The summed E-state index contributed by atoms with van der Waals surface area (Å²) in [5.41, 5.74) is 58.0. The van der Waals surface area contributed by atoms with Crippen LogP contribution in [0.5, 0.6) is 0 Å². The van der Waals surface area contributed by atoms with Crippen LogP contribution >= 0.6 is 0 Å². The van der Waals surface area contributed by atoms with Crippen molar-refractivity contribution in [3.8, 4) is 0 Å². The third-order valence-electron chi connectivity index (χ3n) is 13.8. The number of rotatable bonds is 53. The lowest BCUT2D eigenvalue weighted by atomic mass is 10.0. The third kappa shape index (κ3) is 35.6. The molecule has 470 valence electrons. The molecule has 0 aliphatic heterocycles. The number of carbonyl (C=O) groups excluding carboxylic acids is 9. The largest absolute Gasteiger partial charge is 0.345 e. The van der Waals surface area contributed by atoms with Crippen LogP contribution < -0.4 is 99.9 Å². The standard InChI is InChI=1S/C54H110N18O9/c55-28-10-1-19-38(37-73)65-48(75)40(21-3-12-30-57)67-50(77)42(23-5-14-32-59)69-52(79)44(25-7-16-34-61)71-54(81)46(27-9-18-36-63)72-53(80)45(26-8-17-35-62)70-51(78)43(24-6-15-33-60)68-49(76)41(22-4-13-31-58)66-47(74)39(64)20-2-11-29-56/h37-46H,1-36,55-64H2,(H,65,75)(H,66,74)(H,67,77)(H,68,76)(H,69,79)(H,70,78)(H,71,81)(H,72,80)/t38-,39+,40+,41+,42+,43+,44+,45+,46+/m0/s1. The minimum Gasteiger partial charge on any atom is -0.345 e. The van der Waals surface area contributed by atoms with Crippen molar-refractivity contribution in [2.75, 3.05) is 58.9 Å². The maximum absolute atomic E-state index is 14.5. The maximum atomic E-state index is 14.5. The third-order valence-corrected chi connectivity index (χ3v) is 13.8. The Kier molecular flexibility index (Phi) is 46.6. The first kappa shape index (κ1) is 76.0. The molecule has 0 heterocycles. The topological polar surface area (TPSA) is 510 Å². The Morgan fingerprint density at radius 1 is 0.247 bits per heavy atom. The summed E-state index contributed by atoms with van der Waals surface area (Å²) in [6.07, 6.45) is 11.6. The summed E-state index contributed by atoms with van der Waals surface area (Å²) in [5, 5.41) is 22.3. The van der Waals surface area contributed by atoms with Gasteiger partial charge in [-0.2, -0.15) is 0 Å². The van der Waals surface area contributed by atoms with Gasteiger partial charge in [-0.1, -0.05) is 6.42 Å². The highest BCUT2D eigenvalue weighted by molar-refractivity contribution is 5.98. The van der Waals surface area contributed by atoms with E-state index >= 15 is 0 Å². The van der Waals surface area contributed by atoms with E-state index in [2.05, 4.69) is 42.5 Å². The Morgan fingerprint density at radius 3 is 0.617 bits per heavy atom. The lowest BCUT2D eigenvalue weighted by molar-refractivity contribution is -0.136. The van der Waals surface area contributed by atoms with Crippen molar-refractivity contribution in [2.45, 2.75) is 228 Å². The van der Waals surface area contributed by atoms with Crippen molar-refractivity contribution in [1.29, 1.82) is 0 Å². The molecule has 0 bridgehead atoms. The normalized spacial score (nSPS) is 14.6. The van der Waals surface area contributed by atoms with Crippen LogP contribution in [0.3, 0.4) is 0 Å². The lowest BCUT2D eigenvalue weighted by Crippen LogP contribution is -2.60. The number of hydrogen-bond donors (Lipinski definition) is 18. The number of nitrogens with two attached hydrogens (primary N) is 10. The number of hydrogen-bond acceptors (Lipinski definition) is 19. The van der Waals surface area contributed by atoms with Crippen molar-refractivity contribution in [1.82, 2.24) is 42.5 Å². The van der Waals surface area contributed by atoms with Gasteiger partial charge in [-0.15, -0.1) is 0 Å². The van der Waals surface area contributed by atoms with Crippen molar-refractivity contribution in [2.24, 2.45) is 57.3 Å². The molecule has 0 unspecified atom stereocenters.